The molecule has 30 heavy (non-hydrogen) atoms. The summed E-state index contributed by atoms with van der Waals surface area (Å²) in [4.78, 5) is 5.37. The average molecular weight is 466 g/mol. The maximum atomic E-state index is 13.3. The largest absolute Gasteiger partial charge is 0.611 e. The standard InChI is InChI=1S/C22H28NO4PS2/c1-5-12-30(25)21-15-19(27-28(24,26-7-3)29-16(4)6-2)14-18-13-17-10-8-9-11-20(17)23-22(18)21/h8-11,13-16H,5-7,12H2,1-4H3. The van der Waals surface area contributed by atoms with Crippen LogP contribution in [0.2, 0.25) is 0 Å². The van der Waals surface area contributed by atoms with Gasteiger partial charge in [0.25, 0.3) is 0 Å². The quantitative estimate of drug-likeness (QED) is 0.183. The van der Waals surface area contributed by atoms with Crippen LogP contribution in [0.1, 0.15) is 40.5 Å². The van der Waals surface area contributed by atoms with Crippen molar-refractivity contribution in [1.82, 2.24) is 4.98 Å². The van der Waals surface area contributed by atoms with E-state index >= 15 is 0 Å². The van der Waals surface area contributed by atoms with Crippen LogP contribution < -0.4 is 4.52 Å². The topological polar surface area (TPSA) is 71.5 Å². The maximum absolute atomic E-state index is 13.3. The normalized spacial score (nSPS) is 15.8. The Labute approximate surface area is 185 Å². The molecule has 5 nitrogen and oxygen atoms in total. The maximum Gasteiger partial charge on any atom is 0.440 e. The molecule has 0 spiro atoms. The lowest BCUT2D eigenvalue weighted by molar-refractivity contribution is 0.296. The summed E-state index contributed by atoms with van der Waals surface area (Å²) >= 11 is -0.0170. The highest BCUT2D eigenvalue weighted by molar-refractivity contribution is 8.55. The summed E-state index contributed by atoms with van der Waals surface area (Å²) in [5.74, 6) is 0.921. The lowest BCUT2D eigenvalue weighted by atomic mass is 10.1. The molecule has 3 aromatic rings. The SMILES string of the molecule is CCC[S+]([O-])c1cc(OP(=O)(OCC)SC(C)CC)cc2cc3ccccc3nc12. The van der Waals surface area contributed by atoms with Crippen LogP contribution in [0.3, 0.4) is 0 Å². The van der Waals surface area contributed by atoms with Crippen molar-refractivity contribution in [2.24, 2.45) is 0 Å². The number of rotatable bonds is 10. The second-order valence-corrected chi connectivity index (χ2v) is 12.9. The lowest BCUT2D eigenvalue weighted by Crippen LogP contribution is -2.08. The second-order valence-electron chi connectivity index (χ2n) is 7.00. The molecule has 0 aliphatic rings. The number of fused-ring (bicyclic) bond motifs is 2. The summed E-state index contributed by atoms with van der Waals surface area (Å²) in [5, 5.41) is 1.92. The van der Waals surface area contributed by atoms with E-state index in [1.54, 1.807) is 13.0 Å². The Bertz CT molecular complexity index is 1060. The summed E-state index contributed by atoms with van der Waals surface area (Å²) in [6.45, 7) is 4.70. The van der Waals surface area contributed by atoms with E-state index in [4.69, 9.17) is 14.0 Å². The fourth-order valence-electron chi connectivity index (χ4n) is 3.01. The van der Waals surface area contributed by atoms with Gasteiger partial charge in [-0.3, -0.25) is 4.52 Å². The summed E-state index contributed by atoms with van der Waals surface area (Å²) < 4.78 is 37.8. The van der Waals surface area contributed by atoms with E-state index in [1.807, 2.05) is 57.2 Å². The molecule has 3 unspecified atom stereocenters. The number of para-hydroxylation sites is 1. The lowest BCUT2D eigenvalue weighted by Gasteiger charge is -2.21. The van der Waals surface area contributed by atoms with Gasteiger partial charge in [0, 0.05) is 22.1 Å². The van der Waals surface area contributed by atoms with Crippen LogP contribution in [-0.4, -0.2) is 27.1 Å². The molecule has 3 rings (SSSR count). The van der Waals surface area contributed by atoms with Crippen LogP contribution in [0, 0.1) is 0 Å². The molecule has 0 amide bonds. The summed E-state index contributed by atoms with van der Waals surface area (Å²) in [5.41, 5.74) is 1.54. The van der Waals surface area contributed by atoms with Crippen LogP contribution >= 0.6 is 18.2 Å². The van der Waals surface area contributed by atoms with E-state index in [9.17, 15) is 9.12 Å². The average Bonchev–Trinajstić information content (AvgIpc) is 2.71. The third kappa shape index (κ3) is 5.51. The first kappa shape index (κ1) is 23.4. The monoisotopic (exact) mass is 465 g/mol. The van der Waals surface area contributed by atoms with Gasteiger partial charge in [-0.05, 0) is 60.5 Å². The van der Waals surface area contributed by atoms with Crippen molar-refractivity contribution in [2.45, 2.75) is 50.7 Å². The van der Waals surface area contributed by atoms with Crippen LogP contribution in [0.4, 0.5) is 0 Å². The van der Waals surface area contributed by atoms with E-state index in [-0.39, 0.29) is 11.9 Å². The van der Waals surface area contributed by atoms with Crippen molar-refractivity contribution in [3.8, 4) is 5.75 Å². The van der Waals surface area contributed by atoms with Crippen molar-refractivity contribution >= 4 is 51.2 Å². The highest BCUT2D eigenvalue weighted by Gasteiger charge is 2.30. The zero-order valence-electron chi connectivity index (χ0n) is 17.8. The van der Waals surface area contributed by atoms with E-state index < -0.39 is 18.0 Å². The Morgan fingerprint density at radius 2 is 1.93 bits per heavy atom. The minimum Gasteiger partial charge on any atom is -0.611 e. The van der Waals surface area contributed by atoms with Crippen molar-refractivity contribution in [3.05, 3.63) is 42.5 Å². The smallest absolute Gasteiger partial charge is 0.440 e. The van der Waals surface area contributed by atoms with Crippen molar-refractivity contribution in [2.75, 3.05) is 12.4 Å². The van der Waals surface area contributed by atoms with Gasteiger partial charge in [0.15, 0.2) is 4.90 Å². The minimum atomic E-state index is -3.41. The fourth-order valence-corrected chi connectivity index (χ4v) is 8.31. The minimum absolute atomic E-state index is 0.127. The molecule has 2 aromatic carbocycles. The van der Waals surface area contributed by atoms with Gasteiger partial charge >= 0.3 is 6.80 Å². The fraction of sp³-hybridized carbons (Fsp3) is 0.409. The first-order chi connectivity index (χ1) is 14.4. The van der Waals surface area contributed by atoms with Gasteiger partial charge in [-0.2, -0.15) is 0 Å². The van der Waals surface area contributed by atoms with Gasteiger partial charge in [-0.1, -0.05) is 39.0 Å². The summed E-state index contributed by atoms with van der Waals surface area (Å²) in [6.07, 6.45) is 1.64. The number of benzene rings is 2. The van der Waals surface area contributed by atoms with E-state index in [1.165, 1.54) is 11.4 Å². The predicted molar refractivity (Wildman–Crippen MR) is 128 cm³/mol. The van der Waals surface area contributed by atoms with E-state index in [2.05, 4.69) is 0 Å². The van der Waals surface area contributed by atoms with Gasteiger partial charge in [0.2, 0.25) is 0 Å². The molecule has 1 aromatic heterocycles. The number of hydrogen-bond acceptors (Lipinski definition) is 6. The Kier molecular flexibility index (Phi) is 8.11. The Balaban J connectivity index is 2.11. The number of pyridine rings is 1. The number of hydrogen-bond donors (Lipinski definition) is 0. The molecule has 1 heterocycles. The molecule has 3 atom stereocenters. The van der Waals surface area contributed by atoms with Crippen molar-refractivity contribution in [3.63, 3.8) is 0 Å². The van der Waals surface area contributed by atoms with Gasteiger partial charge in [-0.15, -0.1) is 0 Å². The van der Waals surface area contributed by atoms with Crippen molar-refractivity contribution in [1.29, 1.82) is 0 Å². The first-order valence-electron chi connectivity index (χ1n) is 10.2. The third-order valence-electron chi connectivity index (χ3n) is 4.58. The molecule has 0 radical (unpaired) electrons. The Morgan fingerprint density at radius 1 is 1.17 bits per heavy atom. The summed E-state index contributed by atoms with van der Waals surface area (Å²) in [7, 11) is 0. The highest BCUT2D eigenvalue weighted by atomic mass is 32.7. The molecular formula is C22H28NO4PS2. The second kappa shape index (κ2) is 10.4. The molecule has 0 saturated carbocycles. The molecule has 0 bridgehead atoms. The predicted octanol–water partition coefficient (Wildman–Crippen LogP) is 6.96. The zero-order valence-corrected chi connectivity index (χ0v) is 20.3. The number of aromatic nitrogens is 1. The van der Waals surface area contributed by atoms with Gasteiger partial charge in [0.1, 0.15) is 17.0 Å². The molecule has 0 fully saturated rings. The molecular weight excluding hydrogens is 437 g/mol. The third-order valence-corrected chi connectivity index (χ3v) is 10.5. The molecule has 162 valence electrons. The van der Waals surface area contributed by atoms with Crippen LogP contribution in [0.25, 0.3) is 21.8 Å². The summed E-state index contributed by atoms with van der Waals surface area (Å²) in [6, 6.07) is 13.3. The molecule has 0 aliphatic heterocycles. The van der Waals surface area contributed by atoms with Crippen LogP contribution in [0.5, 0.6) is 5.75 Å². The van der Waals surface area contributed by atoms with Gasteiger partial charge < -0.3 is 9.08 Å². The zero-order chi connectivity index (χ0) is 21.7. The molecule has 0 aliphatic carbocycles. The Hall–Kier alpha value is -1.24. The van der Waals surface area contributed by atoms with Crippen LogP contribution in [0.15, 0.2) is 47.4 Å². The van der Waals surface area contributed by atoms with Gasteiger partial charge in [0.05, 0.1) is 12.1 Å². The Morgan fingerprint density at radius 3 is 2.63 bits per heavy atom. The van der Waals surface area contributed by atoms with E-state index in [0.717, 1.165) is 29.1 Å². The first-order valence-corrected chi connectivity index (χ1v) is 14.6. The highest BCUT2D eigenvalue weighted by Crippen LogP contribution is 2.62. The van der Waals surface area contributed by atoms with E-state index in [0.29, 0.717) is 21.9 Å². The van der Waals surface area contributed by atoms with Crippen molar-refractivity contribution < 1.29 is 18.2 Å². The molecule has 8 heteroatoms. The molecule has 0 saturated heterocycles. The van der Waals surface area contributed by atoms with Gasteiger partial charge in [-0.25, -0.2) is 9.55 Å². The molecule has 0 N–H and O–H groups in total. The van der Waals surface area contributed by atoms with Crippen LogP contribution in [-0.2, 0) is 20.3 Å². The number of nitrogens with zero attached hydrogens (tertiary/aromatic N) is 1.